The molecule has 0 aromatic heterocycles. The zero-order chi connectivity index (χ0) is 9.30. The van der Waals surface area contributed by atoms with Crippen molar-refractivity contribution in [2.75, 3.05) is 6.61 Å². The second-order valence-electron chi connectivity index (χ2n) is 3.13. The first-order chi connectivity index (χ1) is 5.57. The third-order valence-corrected chi connectivity index (χ3v) is 2.22. The molecular formula is C7H13BO4. The van der Waals surface area contributed by atoms with Crippen molar-refractivity contribution in [2.24, 2.45) is 5.92 Å². The molecule has 0 bridgehead atoms. The summed E-state index contributed by atoms with van der Waals surface area (Å²) in [6.45, 7) is 1.26. The second kappa shape index (κ2) is 3.74. The van der Waals surface area contributed by atoms with Crippen LogP contribution in [0, 0.1) is 5.92 Å². The molecule has 0 saturated carbocycles. The van der Waals surface area contributed by atoms with Crippen LogP contribution in [0.5, 0.6) is 0 Å². The number of ether oxygens (including phenoxy) is 1. The third kappa shape index (κ3) is 1.64. The molecule has 0 aromatic carbocycles. The van der Waals surface area contributed by atoms with Crippen LogP contribution < -0.4 is 0 Å². The average molecular weight is 172 g/mol. The summed E-state index contributed by atoms with van der Waals surface area (Å²) in [6.07, 6.45) is -2.28. The van der Waals surface area contributed by atoms with Crippen molar-refractivity contribution in [3.63, 3.8) is 0 Å². The van der Waals surface area contributed by atoms with E-state index in [1.54, 1.807) is 0 Å². The van der Waals surface area contributed by atoms with Gasteiger partial charge in [-0.15, -0.1) is 0 Å². The Kier molecular flexibility index (Phi) is 3.12. The van der Waals surface area contributed by atoms with E-state index in [1.807, 2.05) is 0 Å². The molecule has 1 saturated heterocycles. The van der Waals surface area contributed by atoms with Crippen LogP contribution in [0.3, 0.4) is 0 Å². The maximum Gasteiger partial charge on any atom is 0.109 e. The van der Waals surface area contributed by atoms with Gasteiger partial charge < -0.3 is 20.1 Å². The Morgan fingerprint density at radius 3 is 2.42 bits per heavy atom. The van der Waals surface area contributed by atoms with Gasteiger partial charge >= 0.3 is 0 Å². The van der Waals surface area contributed by atoms with E-state index < -0.39 is 30.2 Å². The Balaban J connectivity index is 2.63. The summed E-state index contributed by atoms with van der Waals surface area (Å²) < 4.78 is 5.01. The minimum Gasteiger partial charge on any atom is -0.394 e. The normalized spacial score (nSPS) is 44.7. The monoisotopic (exact) mass is 172 g/mol. The zero-order valence-electron chi connectivity index (χ0n) is 6.92. The van der Waals surface area contributed by atoms with Gasteiger partial charge in [-0.3, -0.25) is 0 Å². The summed E-state index contributed by atoms with van der Waals surface area (Å²) in [5, 5.41) is 27.4. The second-order valence-corrected chi connectivity index (χ2v) is 3.13. The fraction of sp³-hybridized carbons (Fsp3) is 1.00. The van der Waals surface area contributed by atoms with Crippen LogP contribution in [0.4, 0.5) is 0 Å². The summed E-state index contributed by atoms with van der Waals surface area (Å²) in [4.78, 5) is 0. The molecular weight excluding hydrogens is 159 g/mol. The van der Waals surface area contributed by atoms with Crippen molar-refractivity contribution < 1.29 is 20.1 Å². The minimum absolute atomic E-state index is 0.280. The van der Waals surface area contributed by atoms with Gasteiger partial charge in [0.1, 0.15) is 14.0 Å². The lowest BCUT2D eigenvalue weighted by Crippen LogP contribution is -2.36. The molecule has 0 aromatic rings. The molecule has 4 nitrogen and oxygen atoms in total. The van der Waals surface area contributed by atoms with Crippen molar-refractivity contribution in [3.8, 4) is 0 Å². The van der Waals surface area contributed by atoms with Crippen LogP contribution in [0.2, 0.25) is 0 Å². The van der Waals surface area contributed by atoms with Crippen LogP contribution in [0.1, 0.15) is 6.92 Å². The lowest BCUT2D eigenvalue weighted by atomic mass is 9.81. The van der Waals surface area contributed by atoms with Crippen LogP contribution in [-0.4, -0.2) is 54.1 Å². The van der Waals surface area contributed by atoms with Gasteiger partial charge in [-0.25, -0.2) is 0 Å². The Labute approximate surface area is 72.6 Å². The smallest absolute Gasteiger partial charge is 0.109 e. The van der Waals surface area contributed by atoms with E-state index in [1.165, 1.54) is 6.92 Å². The molecule has 5 atom stereocenters. The molecule has 1 fully saturated rings. The molecule has 0 spiro atoms. The largest absolute Gasteiger partial charge is 0.394 e. The van der Waals surface area contributed by atoms with E-state index in [2.05, 4.69) is 0 Å². The van der Waals surface area contributed by atoms with Gasteiger partial charge in [-0.05, 0) is 6.92 Å². The topological polar surface area (TPSA) is 69.9 Å². The molecule has 2 radical (unpaired) electrons. The summed E-state index contributed by atoms with van der Waals surface area (Å²) in [6, 6.07) is -0.697. The van der Waals surface area contributed by atoms with Gasteiger partial charge in [0.25, 0.3) is 0 Å². The molecule has 3 N–H and O–H groups in total. The molecule has 12 heavy (non-hydrogen) atoms. The zero-order valence-corrected chi connectivity index (χ0v) is 6.92. The number of aliphatic hydroxyl groups excluding tert-OH is 3. The van der Waals surface area contributed by atoms with Crippen molar-refractivity contribution >= 4 is 7.85 Å². The highest BCUT2D eigenvalue weighted by Crippen LogP contribution is 2.27. The predicted molar refractivity (Wildman–Crippen MR) is 42.7 cm³/mol. The number of rotatable bonds is 2. The number of hydrogen-bond donors (Lipinski definition) is 3. The maximum absolute atomic E-state index is 9.46. The van der Waals surface area contributed by atoms with E-state index in [0.29, 0.717) is 0 Å². The van der Waals surface area contributed by atoms with Gasteiger partial charge in [0.15, 0.2) is 0 Å². The fourth-order valence-electron chi connectivity index (χ4n) is 1.53. The fourth-order valence-corrected chi connectivity index (χ4v) is 1.53. The van der Waals surface area contributed by atoms with Crippen molar-refractivity contribution in [1.82, 2.24) is 0 Å². The molecule has 1 heterocycles. The molecule has 68 valence electrons. The lowest BCUT2D eigenvalue weighted by Gasteiger charge is -2.20. The van der Waals surface area contributed by atoms with Crippen molar-refractivity contribution in [3.05, 3.63) is 0 Å². The highest BCUT2D eigenvalue weighted by molar-refractivity contribution is 6.11. The summed E-state index contributed by atoms with van der Waals surface area (Å²) in [5.74, 6) is -0.512. The highest BCUT2D eigenvalue weighted by Gasteiger charge is 2.42. The Bertz CT molecular complexity index is 152. The van der Waals surface area contributed by atoms with E-state index >= 15 is 0 Å². The maximum atomic E-state index is 9.46. The van der Waals surface area contributed by atoms with Gasteiger partial charge in [0.2, 0.25) is 0 Å². The van der Waals surface area contributed by atoms with E-state index in [0.717, 1.165) is 0 Å². The molecule has 0 amide bonds. The Morgan fingerprint density at radius 2 is 2.17 bits per heavy atom. The molecule has 1 aliphatic heterocycles. The SMILES string of the molecule is [B][C@@H]1OC(CO)[C@@H](O)C1C(C)O. The van der Waals surface area contributed by atoms with Gasteiger partial charge in [0, 0.05) is 11.9 Å². The quantitative estimate of drug-likeness (QED) is 0.431. The average Bonchev–Trinajstić information content (AvgIpc) is 2.25. The summed E-state index contributed by atoms with van der Waals surface area (Å²) >= 11 is 0. The van der Waals surface area contributed by atoms with Gasteiger partial charge in [-0.1, -0.05) is 0 Å². The van der Waals surface area contributed by atoms with Gasteiger partial charge in [-0.2, -0.15) is 0 Å². The predicted octanol–water partition coefficient (Wildman–Crippen LogP) is -1.77. The molecule has 5 heteroatoms. The number of aliphatic hydroxyl groups is 3. The van der Waals surface area contributed by atoms with Gasteiger partial charge in [0.05, 0.1) is 18.8 Å². The first-order valence-corrected chi connectivity index (χ1v) is 3.96. The van der Waals surface area contributed by atoms with E-state index in [9.17, 15) is 10.2 Å². The van der Waals surface area contributed by atoms with Crippen molar-refractivity contribution in [2.45, 2.75) is 31.2 Å². The first kappa shape index (κ1) is 9.99. The Hall–Kier alpha value is -0.0951. The van der Waals surface area contributed by atoms with Crippen LogP contribution in [-0.2, 0) is 4.74 Å². The minimum atomic E-state index is -0.884. The first-order valence-electron chi connectivity index (χ1n) is 3.96. The van der Waals surface area contributed by atoms with Crippen LogP contribution >= 0.6 is 0 Å². The summed E-state index contributed by atoms with van der Waals surface area (Å²) in [7, 11) is 5.48. The lowest BCUT2D eigenvalue weighted by molar-refractivity contribution is -0.00815. The Morgan fingerprint density at radius 1 is 1.58 bits per heavy atom. The standard InChI is InChI=1S/C7H13BO4/c1-3(10)5-6(11)4(2-9)12-7(5)8/h3-7,9-11H,2H2,1H3/t3?,4?,5?,6-,7-/m1/s1. The molecule has 3 unspecified atom stereocenters. The van der Waals surface area contributed by atoms with E-state index in [4.69, 9.17) is 17.7 Å². The molecule has 1 rings (SSSR count). The number of hydrogen-bond acceptors (Lipinski definition) is 4. The molecule has 1 aliphatic rings. The third-order valence-electron chi connectivity index (χ3n) is 2.22. The van der Waals surface area contributed by atoms with Crippen LogP contribution in [0.25, 0.3) is 0 Å². The van der Waals surface area contributed by atoms with Crippen LogP contribution in [0.15, 0.2) is 0 Å². The molecule has 0 aliphatic carbocycles. The van der Waals surface area contributed by atoms with Crippen molar-refractivity contribution in [1.29, 1.82) is 0 Å². The van der Waals surface area contributed by atoms with E-state index in [-0.39, 0.29) is 6.61 Å². The summed E-state index contributed by atoms with van der Waals surface area (Å²) in [5.41, 5.74) is 0. The highest BCUT2D eigenvalue weighted by atomic mass is 16.5.